The zero-order valence-corrected chi connectivity index (χ0v) is 9.40. The quantitative estimate of drug-likeness (QED) is 0.484. The van der Waals surface area contributed by atoms with E-state index in [4.69, 9.17) is 16.6 Å². The second kappa shape index (κ2) is 5.97. The summed E-state index contributed by atoms with van der Waals surface area (Å²) < 4.78 is 0. The fraction of sp³-hybridized carbons (Fsp3) is 0.364. The molecule has 1 heterocycles. The summed E-state index contributed by atoms with van der Waals surface area (Å²) in [7, 11) is 2.03. The van der Waals surface area contributed by atoms with Gasteiger partial charge in [0, 0.05) is 43.2 Å². The molecule has 0 aliphatic carbocycles. The van der Waals surface area contributed by atoms with Crippen LogP contribution in [0.15, 0.2) is 28.4 Å². The van der Waals surface area contributed by atoms with Crippen molar-refractivity contribution in [1.29, 1.82) is 10.8 Å². The van der Waals surface area contributed by atoms with E-state index in [0.29, 0.717) is 0 Å². The first-order valence-corrected chi connectivity index (χ1v) is 5.09. The lowest BCUT2D eigenvalue weighted by molar-refractivity contribution is 0.353. The molecule has 0 aromatic heterocycles. The molecule has 1 aliphatic heterocycles. The minimum atomic E-state index is 0.122. The average molecular weight is 219 g/mol. The van der Waals surface area contributed by atoms with Gasteiger partial charge in [-0.05, 0) is 19.2 Å². The molecule has 0 aromatic rings. The highest BCUT2D eigenvalue weighted by molar-refractivity contribution is 6.00. The fourth-order valence-electron chi connectivity index (χ4n) is 1.40. The van der Waals surface area contributed by atoms with Gasteiger partial charge in [0.05, 0.1) is 0 Å². The molecule has 86 valence electrons. The van der Waals surface area contributed by atoms with Gasteiger partial charge in [-0.3, -0.25) is 5.41 Å². The van der Waals surface area contributed by atoms with Gasteiger partial charge in [-0.1, -0.05) is 0 Å². The van der Waals surface area contributed by atoms with Crippen LogP contribution < -0.4 is 5.73 Å². The van der Waals surface area contributed by atoms with Gasteiger partial charge in [-0.25, -0.2) is 4.99 Å². The third kappa shape index (κ3) is 3.78. The summed E-state index contributed by atoms with van der Waals surface area (Å²) in [5.41, 5.74) is 7.69. The van der Waals surface area contributed by atoms with Crippen LogP contribution in [-0.4, -0.2) is 43.3 Å². The Morgan fingerprint density at radius 3 is 3.00 bits per heavy atom. The number of hydrogen-bond acceptors (Lipinski definition) is 4. The van der Waals surface area contributed by atoms with Crippen molar-refractivity contribution in [2.75, 3.05) is 20.1 Å². The van der Waals surface area contributed by atoms with Gasteiger partial charge in [-0.2, -0.15) is 0 Å². The van der Waals surface area contributed by atoms with Gasteiger partial charge in [0.1, 0.15) is 5.84 Å². The van der Waals surface area contributed by atoms with Crippen molar-refractivity contribution in [3.8, 4) is 0 Å². The van der Waals surface area contributed by atoms with E-state index in [1.807, 2.05) is 7.05 Å². The van der Waals surface area contributed by atoms with Crippen LogP contribution in [0.4, 0.5) is 0 Å². The predicted molar refractivity (Wildman–Crippen MR) is 67.5 cm³/mol. The Bertz CT molecular complexity index is 365. The van der Waals surface area contributed by atoms with Gasteiger partial charge in [0.2, 0.25) is 0 Å². The first kappa shape index (κ1) is 12.3. The number of allylic oxidation sites excluding steroid dienone is 1. The molecule has 5 heteroatoms. The topological polar surface area (TPSA) is 89.3 Å². The monoisotopic (exact) mass is 219 g/mol. The van der Waals surface area contributed by atoms with E-state index in [1.54, 1.807) is 6.21 Å². The first-order valence-electron chi connectivity index (χ1n) is 5.09. The molecule has 1 rings (SSSR count). The number of nitrogens with two attached hydrogens (primary N) is 1. The van der Waals surface area contributed by atoms with E-state index in [9.17, 15) is 0 Å². The summed E-state index contributed by atoms with van der Waals surface area (Å²) in [6, 6.07) is 0. The summed E-state index contributed by atoms with van der Waals surface area (Å²) in [6.45, 7) is 1.74. The zero-order chi connectivity index (χ0) is 12.0. The predicted octanol–water partition coefficient (Wildman–Crippen LogP) is 0.789. The van der Waals surface area contributed by atoms with Crippen LogP contribution in [0.2, 0.25) is 0 Å². The van der Waals surface area contributed by atoms with E-state index < -0.39 is 0 Å². The van der Waals surface area contributed by atoms with Crippen LogP contribution in [0, 0.1) is 10.8 Å². The third-order valence-corrected chi connectivity index (χ3v) is 2.33. The largest absolute Gasteiger partial charge is 0.402 e. The maximum Gasteiger partial charge on any atom is 0.144 e. The summed E-state index contributed by atoms with van der Waals surface area (Å²) >= 11 is 0. The highest BCUT2D eigenvalue weighted by atomic mass is 15.1. The minimum absolute atomic E-state index is 0.122. The fourth-order valence-corrected chi connectivity index (χ4v) is 1.40. The Kier molecular flexibility index (Phi) is 4.60. The van der Waals surface area contributed by atoms with E-state index in [-0.39, 0.29) is 5.84 Å². The Morgan fingerprint density at radius 1 is 1.56 bits per heavy atom. The molecule has 0 unspecified atom stereocenters. The molecule has 0 amide bonds. The van der Waals surface area contributed by atoms with Crippen LogP contribution in [0.25, 0.3) is 0 Å². The zero-order valence-electron chi connectivity index (χ0n) is 9.40. The molecular formula is C11H17N5. The summed E-state index contributed by atoms with van der Waals surface area (Å²) in [5.74, 6) is 0.122. The molecule has 0 fully saturated rings. The van der Waals surface area contributed by atoms with E-state index in [1.165, 1.54) is 12.2 Å². The second-order valence-corrected chi connectivity index (χ2v) is 3.71. The highest BCUT2D eigenvalue weighted by Gasteiger charge is 2.11. The Balaban J connectivity index is 2.65. The summed E-state index contributed by atoms with van der Waals surface area (Å²) in [5, 5.41) is 14.2. The maximum atomic E-state index is 7.46. The third-order valence-electron chi connectivity index (χ3n) is 2.33. The lowest BCUT2D eigenvalue weighted by atomic mass is 10.1. The van der Waals surface area contributed by atoms with Crippen LogP contribution in [0.3, 0.4) is 0 Å². The summed E-state index contributed by atoms with van der Waals surface area (Å²) in [4.78, 5) is 6.14. The molecule has 0 aromatic carbocycles. The van der Waals surface area contributed by atoms with Gasteiger partial charge in [0.15, 0.2) is 0 Å². The van der Waals surface area contributed by atoms with Crippen LogP contribution in [0.5, 0.6) is 0 Å². The molecule has 0 radical (unpaired) electrons. The minimum Gasteiger partial charge on any atom is -0.402 e. The average Bonchev–Trinajstić information content (AvgIpc) is 2.27. The molecule has 16 heavy (non-hydrogen) atoms. The van der Waals surface area contributed by atoms with Gasteiger partial charge < -0.3 is 16.0 Å². The van der Waals surface area contributed by atoms with Crippen molar-refractivity contribution in [3.63, 3.8) is 0 Å². The molecule has 4 N–H and O–H groups in total. The molecule has 0 saturated carbocycles. The Morgan fingerprint density at radius 2 is 2.31 bits per heavy atom. The Hall–Kier alpha value is -1.75. The molecule has 5 nitrogen and oxygen atoms in total. The molecule has 0 saturated heterocycles. The maximum absolute atomic E-state index is 7.46. The van der Waals surface area contributed by atoms with E-state index >= 15 is 0 Å². The smallest absolute Gasteiger partial charge is 0.144 e. The highest BCUT2D eigenvalue weighted by Crippen LogP contribution is 2.10. The van der Waals surface area contributed by atoms with Crippen LogP contribution in [-0.2, 0) is 0 Å². The van der Waals surface area contributed by atoms with E-state index in [0.717, 1.165) is 37.0 Å². The first-order chi connectivity index (χ1) is 7.63. The van der Waals surface area contributed by atoms with Crippen molar-refractivity contribution in [2.24, 2.45) is 10.7 Å². The molecule has 0 bridgehead atoms. The SMILES string of the molecule is CN1CCC(N)=C(C=NC(=N)/C=C\C=N)C1. The molecule has 1 aliphatic rings. The van der Waals surface area contributed by atoms with Crippen molar-refractivity contribution >= 4 is 18.3 Å². The number of nitrogens with one attached hydrogen (secondary N) is 2. The van der Waals surface area contributed by atoms with Crippen molar-refractivity contribution in [2.45, 2.75) is 6.42 Å². The second-order valence-electron chi connectivity index (χ2n) is 3.71. The number of nitrogens with zero attached hydrogens (tertiary/aromatic N) is 2. The lowest BCUT2D eigenvalue weighted by Gasteiger charge is -2.23. The number of rotatable bonds is 3. The van der Waals surface area contributed by atoms with Gasteiger partial charge in [-0.15, -0.1) is 0 Å². The van der Waals surface area contributed by atoms with Crippen molar-refractivity contribution < 1.29 is 0 Å². The molecular weight excluding hydrogens is 202 g/mol. The number of amidine groups is 1. The number of hydrogen-bond donors (Lipinski definition) is 3. The van der Waals surface area contributed by atoms with E-state index in [2.05, 4.69) is 9.89 Å². The normalized spacial score (nSPS) is 18.6. The van der Waals surface area contributed by atoms with Gasteiger partial charge >= 0.3 is 0 Å². The Labute approximate surface area is 95.4 Å². The number of likely N-dealkylation sites (N-methyl/N-ethyl adjacent to an activating group) is 1. The van der Waals surface area contributed by atoms with Crippen molar-refractivity contribution in [3.05, 3.63) is 23.4 Å². The van der Waals surface area contributed by atoms with Crippen LogP contribution >= 0.6 is 0 Å². The standard InChI is InChI=1S/C11H17N5/c1-16-6-4-10(13)9(8-16)7-15-11(14)3-2-5-12/h2-3,5,7,12,14H,4,6,8,13H2,1H3/b3-2-,12-5?,14-11?,15-7?. The van der Waals surface area contributed by atoms with Crippen LogP contribution in [0.1, 0.15) is 6.42 Å². The number of aliphatic imine (C=N–C) groups is 1. The molecule has 0 spiro atoms. The molecule has 0 atom stereocenters. The summed E-state index contributed by atoms with van der Waals surface area (Å²) in [6.07, 6.45) is 6.53. The lowest BCUT2D eigenvalue weighted by Crippen LogP contribution is -2.30. The van der Waals surface area contributed by atoms with Gasteiger partial charge in [0.25, 0.3) is 0 Å². The van der Waals surface area contributed by atoms with Crippen molar-refractivity contribution in [1.82, 2.24) is 4.90 Å².